The number of anilines is 2. The summed E-state index contributed by atoms with van der Waals surface area (Å²) in [6.07, 6.45) is 2.60. The summed E-state index contributed by atoms with van der Waals surface area (Å²) in [5, 5.41) is 6.75. The van der Waals surface area contributed by atoms with Crippen LogP contribution in [0.3, 0.4) is 0 Å². The number of urea groups is 1. The van der Waals surface area contributed by atoms with Crippen molar-refractivity contribution in [1.82, 2.24) is 14.7 Å². The van der Waals surface area contributed by atoms with Crippen LogP contribution in [0, 0.1) is 11.7 Å². The zero-order chi connectivity index (χ0) is 20.8. The molecule has 2 heterocycles. The smallest absolute Gasteiger partial charge is 0.319 e. The van der Waals surface area contributed by atoms with E-state index in [1.165, 1.54) is 23.7 Å². The normalized spacial score (nSPS) is 14.5. The molecule has 0 saturated carbocycles. The molecule has 2 aromatic carbocycles. The first-order valence-corrected chi connectivity index (χ1v) is 10.8. The van der Waals surface area contributed by atoms with Crippen molar-refractivity contribution in [3.8, 4) is 0 Å². The summed E-state index contributed by atoms with van der Waals surface area (Å²) in [7, 11) is 0. The molecule has 0 spiro atoms. The molecule has 0 radical (unpaired) electrons. The van der Waals surface area contributed by atoms with Crippen LogP contribution < -0.4 is 15.5 Å². The van der Waals surface area contributed by atoms with E-state index in [0.29, 0.717) is 18.9 Å². The summed E-state index contributed by atoms with van der Waals surface area (Å²) in [4.78, 5) is 19.0. The quantitative estimate of drug-likeness (QED) is 0.618. The van der Waals surface area contributed by atoms with E-state index in [2.05, 4.69) is 24.9 Å². The lowest BCUT2D eigenvalue weighted by Gasteiger charge is -2.31. The molecule has 3 aromatic rings. The van der Waals surface area contributed by atoms with Gasteiger partial charge in [0.15, 0.2) is 0 Å². The first-order valence-electron chi connectivity index (χ1n) is 10.1. The maximum atomic E-state index is 13.0. The molecule has 6 nitrogen and oxygen atoms in total. The highest BCUT2D eigenvalue weighted by Gasteiger charge is 2.22. The van der Waals surface area contributed by atoms with Crippen LogP contribution in [0.1, 0.15) is 24.2 Å². The molecule has 0 aliphatic carbocycles. The van der Waals surface area contributed by atoms with Gasteiger partial charge in [-0.05, 0) is 48.6 Å². The van der Waals surface area contributed by atoms with Crippen LogP contribution in [0.2, 0.25) is 0 Å². The minimum absolute atomic E-state index is 0.168. The first kappa shape index (κ1) is 20.3. The van der Waals surface area contributed by atoms with Crippen LogP contribution in [0.25, 0.3) is 0 Å². The number of hydrogen-bond acceptors (Lipinski definition) is 5. The summed E-state index contributed by atoms with van der Waals surface area (Å²) >= 11 is 1.41. The van der Waals surface area contributed by atoms with E-state index in [1.807, 2.05) is 30.3 Å². The van der Waals surface area contributed by atoms with Gasteiger partial charge < -0.3 is 15.5 Å². The molecule has 30 heavy (non-hydrogen) atoms. The highest BCUT2D eigenvalue weighted by atomic mass is 32.1. The summed E-state index contributed by atoms with van der Waals surface area (Å²) in [5.41, 5.74) is 1.79. The highest BCUT2D eigenvalue weighted by molar-refractivity contribution is 7.09. The zero-order valence-electron chi connectivity index (χ0n) is 16.6. The topological polar surface area (TPSA) is 70.2 Å². The Balaban J connectivity index is 1.21. The average Bonchev–Trinajstić information content (AvgIpc) is 3.23. The SMILES string of the molecule is O=C(NCC1CCN(c2nc(Cc3ccc(F)cc3)ns2)CC1)Nc1ccccc1. The molecule has 0 atom stereocenters. The summed E-state index contributed by atoms with van der Waals surface area (Å²) in [5.74, 6) is 0.984. The van der Waals surface area contributed by atoms with Gasteiger partial charge in [-0.2, -0.15) is 4.37 Å². The second kappa shape index (κ2) is 9.67. The second-order valence-corrected chi connectivity index (χ2v) is 8.16. The number of amides is 2. The van der Waals surface area contributed by atoms with Gasteiger partial charge in [0.05, 0.1) is 0 Å². The van der Waals surface area contributed by atoms with Crippen LogP contribution in [0.5, 0.6) is 0 Å². The molecule has 2 N–H and O–H groups in total. The Morgan fingerprint density at radius 3 is 2.57 bits per heavy atom. The lowest BCUT2D eigenvalue weighted by atomic mass is 9.97. The predicted octanol–water partition coefficient (Wildman–Crippen LogP) is 4.31. The molecule has 0 unspecified atom stereocenters. The third-order valence-electron chi connectivity index (χ3n) is 5.20. The lowest BCUT2D eigenvalue weighted by molar-refractivity contribution is 0.248. The number of nitrogens with one attached hydrogen (secondary N) is 2. The van der Waals surface area contributed by atoms with E-state index in [-0.39, 0.29) is 11.8 Å². The molecule has 1 saturated heterocycles. The van der Waals surface area contributed by atoms with Crippen LogP contribution >= 0.6 is 11.5 Å². The molecular weight excluding hydrogens is 401 g/mol. The fraction of sp³-hybridized carbons (Fsp3) is 0.318. The third kappa shape index (κ3) is 5.54. The minimum atomic E-state index is -0.236. The Kier molecular flexibility index (Phi) is 6.53. The average molecular weight is 426 g/mol. The monoisotopic (exact) mass is 425 g/mol. The van der Waals surface area contributed by atoms with Crippen molar-refractivity contribution in [3.63, 3.8) is 0 Å². The van der Waals surface area contributed by atoms with Gasteiger partial charge in [0.1, 0.15) is 11.6 Å². The number of hydrogen-bond donors (Lipinski definition) is 2. The molecule has 8 heteroatoms. The third-order valence-corrected chi connectivity index (χ3v) is 6.02. The number of aromatic nitrogens is 2. The van der Waals surface area contributed by atoms with Gasteiger partial charge in [-0.3, -0.25) is 0 Å². The second-order valence-electron chi connectivity index (χ2n) is 7.43. The van der Waals surface area contributed by atoms with Crippen LogP contribution in [0.4, 0.5) is 20.0 Å². The first-order chi connectivity index (χ1) is 14.7. The van der Waals surface area contributed by atoms with Gasteiger partial charge in [-0.25, -0.2) is 14.2 Å². The fourth-order valence-electron chi connectivity index (χ4n) is 3.49. The number of nitrogens with zero attached hydrogens (tertiary/aromatic N) is 3. The van der Waals surface area contributed by atoms with E-state index in [0.717, 1.165) is 48.1 Å². The van der Waals surface area contributed by atoms with E-state index in [4.69, 9.17) is 0 Å². The molecular formula is C22H24FN5OS. The Morgan fingerprint density at radius 2 is 1.83 bits per heavy atom. The molecule has 0 bridgehead atoms. The zero-order valence-corrected chi connectivity index (χ0v) is 17.4. The standard InChI is InChI=1S/C22H24FN5OS/c23-18-8-6-16(7-9-18)14-20-26-22(30-27-20)28-12-10-17(11-13-28)15-24-21(29)25-19-4-2-1-3-5-19/h1-9,17H,10-15H2,(H2,24,25,29). The Hall–Kier alpha value is -3.00. The number of halogens is 1. The molecule has 2 amide bonds. The van der Waals surface area contributed by atoms with Crippen molar-refractivity contribution >= 4 is 28.4 Å². The van der Waals surface area contributed by atoms with E-state index in [1.54, 1.807) is 12.1 Å². The maximum absolute atomic E-state index is 13.0. The van der Waals surface area contributed by atoms with Crippen molar-refractivity contribution in [2.45, 2.75) is 19.3 Å². The summed E-state index contributed by atoms with van der Waals surface area (Å²) in [6, 6.07) is 15.7. The van der Waals surface area contributed by atoms with Crippen LogP contribution in [0.15, 0.2) is 54.6 Å². The van der Waals surface area contributed by atoms with Crippen molar-refractivity contribution in [2.24, 2.45) is 5.92 Å². The van der Waals surface area contributed by atoms with Gasteiger partial charge in [0.25, 0.3) is 0 Å². The van der Waals surface area contributed by atoms with Crippen molar-refractivity contribution in [1.29, 1.82) is 0 Å². The largest absolute Gasteiger partial charge is 0.347 e. The number of rotatable bonds is 6. The van der Waals surface area contributed by atoms with Crippen molar-refractivity contribution < 1.29 is 9.18 Å². The van der Waals surface area contributed by atoms with Crippen molar-refractivity contribution in [3.05, 3.63) is 71.8 Å². The number of carbonyl (C=O) groups excluding carboxylic acids is 1. The molecule has 1 aromatic heterocycles. The summed E-state index contributed by atoms with van der Waals surface area (Å²) in [6.45, 7) is 2.47. The van der Waals surface area contributed by atoms with Gasteiger partial charge in [0, 0.05) is 43.3 Å². The van der Waals surface area contributed by atoms with E-state index < -0.39 is 0 Å². The highest BCUT2D eigenvalue weighted by Crippen LogP contribution is 2.25. The number of piperidine rings is 1. The predicted molar refractivity (Wildman–Crippen MR) is 118 cm³/mol. The van der Waals surface area contributed by atoms with E-state index >= 15 is 0 Å². The lowest BCUT2D eigenvalue weighted by Crippen LogP contribution is -2.39. The Morgan fingerprint density at radius 1 is 1.10 bits per heavy atom. The van der Waals surface area contributed by atoms with Crippen LogP contribution in [-0.2, 0) is 6.42 Å². The van der Waals surface area contributed by atoms with Gasteiger partial charge in [-0.1, -0.05) is 30.3 Å². The summed E-state index contributed by atoms with van der Waals surface area (Å²) < 4.78 is 17.5. The molecule has 1 fully saturated rings. The minimum Gasteiger partial charge on any atom is -0.347 e. The van der Waals surface area contributed by atoms with Gasteiger partial charge in [0.2, 0.25) is 5.13 Å². The van der Waals surface area contributed by atoms with Crippen LogP contribution in [-0.4, -0.2) is 35.0 Å². The fourth-order valence-corrected chi connectivity index (χ4v) is 4.23. The molecule has 1 aliphatic heterocycles. The van der Waals surface area contributed by atoms with Gasteiger partial charge >= 0.3 is 6.03 Å². The number of carbonyl (C=O) groups is 1. The van der Waals surface area contributed by atoms with Crippen molar-refractivity contribution in [2.75, 3.05) is 29.9 Å². The molecule has 156 valence electrons. The molecule has 1 aliphatic rings. The Bertz CT molecular complexity index is 955. The Labute approximate surface area is 179 Å². The maximum Gasteiger partial charge on any atom is 0.319 e. The van der Waals surface area contributed by atoms with E-state index in [9.17, 15) is 9.18 Å². The number of para-hydroxylation sites is 1. The number of benzene rings is 2. The molecule has 4 rings (SSSR count). The van der Waals surface area contributed by atoms with Gasteiger partial charge in [-0.15, -0.1) is 0 Å².